The lowest BCUT2D eigenvalue weighted by atomic mass is 10.1. The number of anilines is 1. The number of halogens is 2. The van der Waals surface area contributed by atoms with Gasteiger partial charge in [0.05, 0.1) is 7.11 Å². The van der Waals surface area contributed by atoms with Crippen molar-refractivity contribution in [3.63, 3.8) is 0 Å². The van der Waals surface area contributed by atoms with E-state index < -0.39 is 18.0 Å². The minimum Gasteiger partial charge on any atom is -0.467 e. The molecule has 0 bridgehead atoms. The van der Waals surface area contributed by atoms with Crippen molar-refractivity contribution in [3.05, 3.63) is 28.2 Å². The number of carbonyl (C=O) groups excluding carboxylic acids is 2. The zero-order valence-corrected chi connectivity index (χ0v) is 12.9. The van der Waals surface area contributed by atoms with Crippen molar-refractivity contribution < 1.29 is 14.3 Å². The fourth-order valence-corrected chi connectivity index (χ4v) is 2.09. The Hall–Kier alpha value is -1.46. The molecule has 2 N–H and O–H groups in total. The average molecular weight is 319 g/mol. The van der Waals surface area contributed by atoms with Crippen molar-refractivity contribution >= 4 is 40.9 Å². The van der Waals surface area contributed by atoms with Gasteiger partial charge in [-0.3, -0.25) is 0 Å². The highest BCUT2D eigenvalue weighted by molar-refractivity contribution is 6.35. The highest BCUT2D eigenvalue weighted by Gasteiger charge is 2.24. The molecule has 0 spiro atoms. The molecule has 5 nitrogen and oxygen atoms in total. The highest BCUT2D eigenvalue weighted by atomic mass is 35.5. The molecule has 1 aromatic rings. The molecule has 1 aromatic carbocycles. The van der Waals surface area contributed by atoms with Gasteiger partial charge >= 0.3 is 12.0 Å². The predicted molar refractivity (Wildman–Crippen MR) is 79.3 cm³/mol. The Labute approximate surface area is 127 Å². The molecule has 0 radical (unpaired) electrons. The molecular formula is C13H16Cl2N2O3. The molecule has 0 fully saturated rings. The van der Waals surface area contributed by atoms with E-state index in [1.54, 1.807) is 32.0 Å². The van der Waals surface area contributed by atoms with Gasteiger partial charge in [-0.1, -0.05) is 37.0 Å². The Morgan fingerprint density at radius 3 is 2.15 bits per heavy atom. The summed E-state index contributed by atoms with van der Waals surface area (Å²) in [4.78, 5) is 23.4. The van der Waals surface area contributed by atoms with Crippen molar-refractivity contribution in [2.45, 2.75) is 19.9 Å². The van der Waals surface area contributed by atoms with Crippen molar-refractivity contribution in [3.8, 4) is 0 Å². The smallest absolute Gasteiger partial charge is 0.328 e. The highest BCUT2D eigenvalue weighted by Crippen LogP contribution is 2.22. The normalized spacial score (nSPS) is 11.9. The topological polar surface area (TPSA) is 67.4 Å². The molecule has 20 heavy (non-hydrogen) atoms. The van der Waals surface area contributed by atoms with Crippen LogP contribution in [0.1, 0.15) is 13.8 Å². The van der Waals surface area contributed by atoms with Gasteiger partial charge in [0.2, 0.25) is 0 Å². The maximum Gasteiger partial charge on any atom is 0.328 e. The zero-order valence-electron chi connectivity index (χ0n) is 11.4. The van der Waals surface area contributed by atoms with Gasteiger partial charge in [-0.15, -0.1) is 0 Å². The monoisotopic (exact) mass is 318 g/mol. The number of amides is 2. The maximum atomic E-state index is 11.9. The average Bonchev–Trinajstić information content (AvgIpc) is 2.33. The number of carbonyl (C=O) groups is 2. The summed E-state index contributed by atoms with van der Waals surface area (Å²) in [7, 11) is 1.27. The number of urea groups is 1. The largest absolute Gasteiger partial charge is 0.467 e. The summed E-state index contributed by atoms with van der Waals surface area (Å²) in [6, 6.07) is 3.39. The molecule has 0 heterocycles. The van der Waals surface area contributed by atoms with Crippen LogP contribution in [0.3, 0.4) is 0 Å². The van der Waals surface area contributed by atoms with Crippen LogP contribution >= 0.6 is 23.2 Å². The quantitative estimate of drug-likeness (QED) is 0.837. The van der Waals surface area contributed by atoms with Crippen LogP contribution in [-0.2, 0) is 9.53 Å². The first kappa shape index (κ1) is 16.6. The van der Waals surface area contributed by atoms with Crippen LogP contribution in [0.2, 0.25) is 10.0 Å². The van der Waals surface area contributed by atoms with E-state index >= 15 is 0 Å². The van der Waals surface area contributed by atoms with Crippen LogP contribution in [0.4, 0.5) is 10.5 Å². The van der Waals surface area contributed by atoms with Crippen molar-refractivity contribution in [1.82, 2.24) is 5.32 Å². The molecule has 0 saturated heterocycles. The summed E-state index contributed by atoms with van der Waals surface area (Å²) in [5.41, 5.74) is 0.437. The van der Waals surface area contributed by atoms with Gasteiger partial charge < -0.3 is 15.4 Å². The zero-order chi connectivity index (χ0) is 15.3. The van der Waals surface area contributed by atoms with Crippen LogP contribution in [0.25, 0.3) is 0 Å². The van der Waals surface area contributed by atoms with E-state index in [0.29, 0.717) is 15.7 Å². The first-order valence-corrected chi connectivity index (χ1v) is 6.70. The summed E-state index contributed by atoms with van der Waals surface area (Å²) < 4.78 is 4.64. The minimum absolute atomic E-state index is 0.101. The Morgan fingerprint density at radius 1 is 1.15 bits per heavy atom. The third kappa shape index (κ3) is 4.90. The lowest BCUT2D eigenvalue weighted by Crippen LogP contribution is -2.46. The molecule has 0 aliphatic heterocycles. The van der Waals surface area contributed by atoms with Crippen LogP contribution < -0.4 is 10.6 Å². The molecule has 0 aliphatic carbocycles. The first-order valence-electron chi connectivity index (χ1n) is 5.95. The van der Waals surface area contributed by atoms with Crippen molar-refractivity contribution in [1.29, 1.82) is 0 Å². The van der Waals surface area contributed by atoms with Crippen molar-refractivity contribution in [2.75, 3.05) is 12.4 Å². The molecule has 0 saturated carbocycles. The second kappa shape index (κ2) is 7.36. The third-order valence-corrected chi connectivity index (χ3v) is 2.97. The SMILES string of the molecule is COC(=O)[C@@H](NC(=O)Nc1cc(Cl)cc(Cl)c1)C(C)C. The Bertz CT molecular complexity index is 486. The molecule has 7 heteroatoms. The van der Waals surface area contributed by atoms with Gasteiger partial charge in [0.25, 0.3) is 0 Å². The van der Waals surface area contributed by atoms with Gasteiger partial charge in [-0.05, 0) is 24.1 Å². The van der Waals surface area contributed by atoms with Crippen LogP contribution in [0.5, 0.6) is 0 Å². The number of nitrogens with one attached hydrogen (secondary N) is 2. The second-order valence-electron chi connectivity index (χ2n) is 4.50. The number of rotatable bonds is 4. The Kier molecular flexibility index (Phi) is 6.10. The predicted octanol–water partition coefficient (Wildman–Crippen LogP) is 3.31. The Balaban J connectivity index is 2.73. The Morgan fingerprint density at radius 2 is 1.70 bits per heavy atom. The van der Waals surface area contributed by atoms with E-state index in [9.17, 15) is 9.59 Å². The first-order chi connectivity index (χ1) is 9.33. The molecule has 110 valence electrons. The van der Waals surface area contributed by atoms with Gasteiger partial charge in [0.1, 0.15) is 6.04 Å². The summed E-state index contributed by atoms with van der Waals surface area (Å²) in [6.45, 7) is 3.61. The number of hydrogen-bond donors (Lipinski definition) is 2. The van der Waals surface area contributed by atoms with E-state index in [4.69, 9.17) is 23.2 Å². The molecular weight excluding hydrogens is 303 g/mol. The fraction of sp³-hybridized carbons (Fsp3) is 0.385. The van der Waals surface area contributed by atoms with E-state index in [0.717, 1.165) is 0 Å². The van der Waals surface area contributed by atoms with E-state index in [1.165, 1.54) is 7.11 Å². The number of benzene rings is 1. The van der Waals surface area contributed by atoms with E-state index in [-0.39, 0.29) is 5.92 Å². The summed E-state index contributed by atoms with van der Waals surface area (Å²) in [6.07, 6.45) is 0. The van der Waals surface area contributed by atoms with Crippen molar-refractivity contribution in [2.24, 2.45) is 5.92 Å². The maximum absolute atomic E-state index is 11.9. The number of ether oxygens (including phenoxy) is 1. The fourth-order valence-electron chi connectivity index (χ4n) is 1.56. The van der Waals surface area contributed by atoms with Gasteiger partial charge in [0, 0.05) is 15.7 Å². The number of esters is 1. The van der Waals surface area contributed by atoms with Crippen LogP contribution in [0, 0.1) is 5.92 Å². The summed E-state index contributed by atoms with van der Waals surface area (Å²) >= 11 is 11.7. The van der Waals surface area contributed by atoms with E-state index in [1.807, 2.05) is 0 Å². The number of methoxy groups -OCH3 is 1. The lowest BCUT2D eigenvalue weighted by molar-refractivity contribution is -0.143. The van der Waals surface area contributed by atoms with E-state index in [2.05, 4.69) is 15.4 Å². The summed E-state index contributed by atoms with van der Waals surface area (Å²) in [5, 5.41) is 5.91. The lowest BCUT2D eigenvalue weighted by Gasteiger charge is -2.20. The standard InChI is InChI=1S/C13H16Cl2N2O3/c1-7(2)11(12(18)20-3)17-13(19)16-10-5-8(14)4-9(15)6-10/h4-7,11H,1-3H3,(H2,16,17,19)/t11-/m0/s1. The molecule has 1 rings (SSSR count). The van der Waals surface area contributed by atoms with Gasteiger partial charge in [-0.25, -0.2) is 9.59 Å². The van der Waals surface area contributed by atoms with Crippen LogP contribution in [-0.4, -0.2) is 25.2 Å². The molecule has 0 aliphatic rings. The molecule has 2 amide bonds. The number of hydrogen-bond acceptors (Lipinski definition) is 3. The second-order valence-corrected chi connectivity index (χ2v) is 5.37. The molecule has 1 atom stereocenters. The molecule has 0 aromatic heterocycles. The molecule has 0 unspecified atom stereocenters. The summed E-state index contributed by atoms with van der Waals surface area (Å²) in [5.74, 6) is -0.601. The third-order valence-electron chi connectivity index (χ3n) is 2.53. The van der Waals surface area contributed by atoms with Crippen LogP contribution in [0.15, 0.2) is 18.2 Å². The van der Waals surface area contributed by atoms with Gasteiger partial charge in [0.15, 0.2) is 0 Å². The minimum atomic E-state index is -0.727. The van der Waals surface area contributed by atoms with Gasteiger partial charge in [-0.2, -0.15) is 0 Å².